The first-order valence-corrected chi connectivity index (χ1v) is 16.5. The molecule has 0 atom stereocenters. The van der Waals surface area contributed by atoms with Crippen LogP contribution in [0.15, 0.2) is 164 Å². The van der Waals surface area contributed by atoms with Crippen molar-refractivity contribution in [1.82, 2.24) is 0 Å². The van der Waals surface area contributed by atoms with E-state index in [1.807, 2.05) is 88.5 Å². The van der Waals surface area contributed by atoms with Gasteiger partial charge in [-0.15, -0.1) is 26.3 Å². The van der Waals surface area contributed by atoms with Gasteiger partial charge < -0.3 is 9.47 Å². The maximum Gasteiger partial charge on any atom is 0.573 e. The van der Waals surface area contributed by atoms with Crippen LogP contribution >= 0.6 is 0 Å². The molecule has 0 saturated carbocycles. The number of hydrogen-bond donors (Lipinski definition) is 0. The maximum absolute atomic E-state index is 12.4. The zero-order valence-electron chi connectivity index (χ0n) is 29.9. The van der Waals surface area contributed by atoms with Crippen LogP contribution < -0.4 is 9.47 Å². The zero-order valence-corrected chi connectivity index (χ0v) is 29.9. The summed E-state index contributed by atoms with van der Waals surface area (Å²) in [6, 6.07) is 10.6. The Hall–Kier alpha value is -5.78. The van der Waals surface area contributed by atoms with Gasteiger partial charge in [0.25, 0.3) is 0 Å². The molecule has 0 unspecified atom stereocenters. The molecular formula is C41H42F6N4O2. The largest absolute Gasteiger partial charge is 0.573 e. The number of hydrogen-bond acceptors (Lipinski definition) is 6. The van der Waals surface area contributed by atoms with E-state index >= 15 is 0 Å². The predicted molar refractivity (Wildman–Crippen MR) is 205 cm³/mol. The average Bonchev–Trinajstić information content (AvgIpc) is 3.09. The van der Waals surface area contributed by atoms with Crippen molar-refractivity contribution in [1.29, 1.82) is 0 Å². The molecule has 53 heavy (non-hydrogen) atoms. The summed E-state index contributed by atoms with van der Waals surface area (Å²) in [6.45, 7) is 8.70. The molecule has 0 radical (unpaired) electrons. The second kappa shape index (κ2) is 23.6. The fourth-order valence-electron chi connectivity index (χ4n) is 4.25. The third-order valence-corrected chi connectivity index (χ3v) is 6.44. The average molecular weight is 737 g/mol. The van der Waals surface area contributed by atoms with E-state index in [2.05, 4.69) is 29.4 Å². The fraction of sp³-hybridized carbons (Fsp3) is 0.220. The monoisotopic (exact) mass is 736 g/mol. The SMILES string of the molecule is C\C=C/C(=C/C=N/c1ccc(OC(F)(F)F)cc1)C(/C=C\C)=C/C=N/CCC/N=C/C=C(\C=C/C)C(/C=C\C)=C/C=N/c1ccc(OC(F)(F)F)cc1. The summed E-state index contributed by atoms with van der Waals surface area (Å²) >= 11 is 0. The van der Waals surface area contributed by atoms with Crippen LogP contribution in [0.2, 0.25) is 0 Å². The van der Waals surface area contributed by atoms with Gasteiger partial charge in [-0.3, -0.25) is 20.0 Å². The van der Waals surface area contributed by atoms with Gasteiger partial charge in [0, 0.05) is 37.9 Å². The Morgan fingerprint density at radius 1 is 0.491 bits per heavy atom. The lowest BCUT2D eigenvalue weighted by atomic mass is 10.0. The Kier molecular flexibility index (Phi) is 19.4. The first kappa shape index (κ1) is 43.4. The smallest absolute Gasteiger partial charge is 0.406 e. The summed E-state index contributed by atoms with van der Waals surface area (Å²) in [7, 11) is 0. The Bertz CT molecular complexity index is 1650. The highest BCUT2D eigenvalue weighted by molar-refractivity contribution is 5.82. The number of rotatable bonds is 18. The van der Waals surface area contributed by atoms with E-state index in [0.717, 1.165) is 28.7 Å². The standard InChI is InChI=1S/C41H42F6N4O2/c1-5-10-32(34(12-7-3)24-30-50-36-14-18-38(19-15-36)52-40(42,43)44)22-28-48-26-9-27-49-29-23-33(11-6-2)35(13-8-4)25-31-51-37-16-20-39(21-17-37)53-41(45,46)47/h5-8,10-25,28-31H,9,26-27H2,1-4H3/b10-5-,11-6-,12-7-,13-8-,32-22+,33-23+,34-24-,35-25+,48-28+,49-29+,50-30+,51-31+. The Morgan fingerprint density at radius 3 is 1.08 bits per heavy atom. The molecule has 0 amide bonds. The molecule has 2 aromatic rings. The fourth-order valence-corrected chi connectivity index (χ4v) is 4.25. The van der Waals surface area contributed by atoms with Gasteiger partial charge in [-0.25, -0.2) is 0 Å². The van der Waals surface area contributed by atoms with E-state index < -0.39 is 12.7 Å². The van der Waals surface area contributed by atoms with E-state index in [4.69, 9.17) is 0 Å². The third kappa shape index (κ3) is 19.4. The highest BCUT2D eigenvalue weighted by Gasteiger charge is 2.31. The quantitative estimate of drug-likeness (QED) is 0.0662. The van der Waals surface area contributed by atoms with Crippen molar-refractivity contribution in [3.63, 3.8) is 0 Å². The topological polar surface area (TPSA) is 67.9 Å². The Labute approximate surface area is 306 Å². The summed E-state index contributed by atoms with van der Waals surface area (Å²) in [4.78, 5) is 17.6. The van der Waals surface area contributed by atoms with Crippen LogP contribution in [0, 0.1) is 0 Å². The maximum atomic E-state index is 12.4. The number of aliphatic imine (C=N–C) groups is 4. The van der Waals surface area contributed by atoms with Gasteiger partial charge in [0.2, 0.25) is 0 Å². The summed E-state index contributed by atoms with van der Waals surface area (Å²) < 4.78 is 82.2. The molecule has 0 aliphatic heterocycles. The second-order valence-electron chi connectivity index (χ2n) is 10.6. The van der Waals surface area contributed by atoms with Crippen molar-refractivity contribution in [2.75, 3.05) is 13.1 Å². The summed E-state index contributed by atoms with van der Waals surface area (Å²) in [6.07, 6.45) is 20.5. The Morgan fingerprint density at radius 2 is 0.792 bits per heavy atom. The van der Waals surface area contributed by atoms with Crippen LogP contribution in [0.5, 0.6) is 11.5 Å². The lowest BCUT2D eigenvalue weighted by Gasteiger charge is -2.08. The molecule has 2 rings (SSSR count). The molecule has 0 heterocycles. The first-order valence-electron chi connectivity index (χ1n) is 16.5. The van der Waals surface area contributed by atoms with Gasteiger partial charge in [-0.05, 0) is 129 Å². The van der Waals surface area contributed by atoms with Crippen molar-refractivity contribution in [2.45, 2.75) is 46.8 Å². The molecule has 0 aliphatic carbocycles. The van der Waals surface area contributed by atoms with E-state index in [0.29, 0.717) is 24.5 Å². The predicted octanol–water partition coefficient (Wildman–Crippen LogP) is 12.1. The molecular weight excluding hydrogens is 694 g/mol. The molecule has 0 aliphatic rings. The minimum atomic E-state index is -4.75. The number of alkyl halides is 6. The van der Waals surface area contributed by atoms with Gasteiger partial charge in [-0.1, -0.05) is 48.6 Å². The van der Waals surface area contributed by atoms with E-state index in [-0.39, 0.29) is 11.5 Å². The molecule has 0 fully saturated rings. The van der Waals surface area contributed by atoms with Crippen molar-refractivity contribution in [3.05, 3.63) is 144 Å². The van der Waals surface area contributed by atoms with Gasteiger partial charge in [0.15, 0.2) is 0 Å². The molecule has 2 aromatic carbocycles. The minimum absolute atomic E-state index is 0.315. The molecule has 280 valence electrons. The van der Waals surface area contributed by atoms with Crippen LogP contribution in [0.25, 0.3) is 0 Å². The van der Waals surface area contributed by atoms with Crippen molar-refractivity contribution < 1.29 is 35.8 Å². The molecule has 0 N–H and O–H groups in total. The lowest BCUT2D eigenvalue weighted by Crippen LogP contribution is -2.16. The summed E-state index contributed by atoms with van der Waals surface area (Å²) in [5.74, 6) is -0.630. The van der Waals surface area contributed by atoms with Crippen molar-refractivity contribution in [3.8, 4) is 11.5 Å². The molecule has 0 spiro atoms. The third-order valence-electron chi connectivity index (χ3n) is 6.44. The second-order valence-corrected chi connectivity index (χ2v) is 10.6. The minimum Gasteiger partial charge on any atom is -0.406 e. The van der Waals surface area contributed by atoms with Crippen molar-refractivity contribution in [2.24, 2.45) is 20.0 Å². The number of nitrogens with zero attached hydrogens (tertiary/aromatic N) is 4. The van der Waals surface area contributed by atoms with Crippen LogP contribution in [0.1, 0.15) is 34.1 Å². The van der Waals surface area contributed by atoms with Crippen LogP contribution in [-0.2, 0) is 0 Å². The van der Waals surface area contributed by atoms with E-state index in [1.54, 1.807) is 37.0 Å². The summed E-state index contributed by atoms with van der Waals surface area (Å²) in [5, 5.41) is 0. The van der Waals surface area contributed by atoms with Crippen LogP contribution in [0.4, 0.5) is 37.7 Å². The van der Waals surface area contributed by atoms with Gasteiger partial charge in [-0.2, -0.15) is 0 Å². The first-order chi connectivity index (χ1) is 25.4. The molecule has 0 aromatic heterocycles. The highest BCUT2D eigenvalue weighted by Crippen LogP contribution is 2.26. The van der Waals surface area contributed by atoms with Gasteiger partial charge in [0.05, 0.1) is 11.4 Å². The molecule has 12 heteroatoms. The number of allylic oxidation sites excluding steroid dienone is 16. The zero-order chi connectivity index (χ0) is 39.0. The molecule has 0 saturated heterocycles. The van der Waals surface area contributed by atoms with Crippen molar-refractivity contribution >= 4 is 36.2 Å². The van der Waals surface area contributed by atoms with Gasteiger partial charge >= 0.3 is 12.7 Å². The van der Waals surface area contributed by atoms with Crippen LogP contribution in [-0.4, -0.2) is 50.7 Å². The summed E-state index contributed by atoms with van der Waals surface area (Å²) in [5.41, 5.74) is 4.43. The number of benzene rings is 2. The number of halogens is 6. The van der Waals surface area contributed by atoms with E-state index in [9.17, 15) is 26.3 Å². The lowest BCUT2D eigenvalue weighted by molar-refractivity contribution is -0.275. The van der Waals surface area contributed by atoms with Crippen LogP contribution in [0.3, 0.4) is 0 Å². The highest BCUT2D eigenvalue weighted by atomic mass is 19.4. The molecule has 0 bridgehead atoms. The van der Waals surface area contributed by atoms with Gasteiger partial charge in [0.1, 0.15) is 11.5 Å². The Balaban J connectivity index is 2.02. The van der Waals surface area contributed by atoms with E-state index in [1.165, 1.54) is 48.5 Å². The normalized spacial score (nSPS) is 14.7. The molecule has 6 nitrogen and oxygen atoms in total. The number of ether oxygens (including phenoxy) is 2.